The second-order valence-corrected chi connectivity index (χ2v) is 7.19. The van der Waals surface area contributed by atoms with Crippen LogP contribution in [0.5, 0.6) is 0 Å². The van der Waals surface area contributed by atoms with Crippen LogP contribution in [-0.2, 0) is 18.5 Å². The second kappa shape index (κ2) is 5.89. The Hall–Kier alpha value is -2.01. The zero-order valence-electron chi connectivity index (χ0n) is 13.6. The Labute approximate surface area is 141 Å². The topological polar surface area (TPSA) is 50.2 Å². The maximum Gasteiger partial charge on any atom is 0.323 e. The second-order valence-electron chi connectivity index (χ2n) is 6.78. The molecular formula is C17H21ClN4O. The minimum absolute atomic E-state index is 0.124. The quantitative estimate of drug-likeness (QED) is 0.861. The zero-order valence-corrected chi connectivity index (χ0v) is 14.4. The molecule has 6 heteroatoms. The third kappa shape index (κ3) is 3.20. The number of aromatic nitrogens is 2. The fourth-order valence-electron chi connectivity index (χ4n) is 2.83. The number of benzene rings is 1. The predicted molar refractivity (Wildman–Crippen MR) is 91.8 cm³/mol. The molecule has 5 nitrogen and oxygen atoms in total. The molecule has 1 aliphatic rings. The highest BCUT2D eigenvalue weighted by Crippen LogP contribution is 2.27. The molecule has 3 rings (SSSR count). The van der Waals surface area contributed by atoms with E-state index < -0.39 is 0 Å². The molecule has 2 heterocycles. The van der Waals surface area contributed by atoms with E-state index in [4.69, 9.17) is 11.6 Å². The third-order valence-corrected chi connectivity index (χ3v) is 4.37. The van der Waals surface area contributed by atoms with E-state index in [1.165, 1.54) is 5.56 Å². The Morgan fingerprint density at radius 1 is 1.30 bits per heavy atom. The number of nitrogens with one attached hydrogen (secondary N) is 1. The van der Waals surface area contributed by atoms with E-state index in [-0.39, 0.29) is 11.6 Å². The van der Waals surface area contributed by atoms with Crippen LogP contribution in [0.15, 0.2) is 30.5 Å². The Morgan fingerprint density at radius 2 is 2.09 bits per heavy atom. The summed E-state index contributed by atoms with van der Waals surface area (Å²) < 4.78 is 1.82. The van der Waals surface area contributed by atoms with Crippen molar-refractivity contribution >= 4 is 23.4 Å². The number of nitrogens with zero attached hydrogens (tertiary/aromatic N) is 3. The van der Waals surface area contributed by atoms with Crippen molar-refractivity contribution in [2.75, 3.05) is 11.9 Å². The zero-order chi connectivity index (χ0) is 16.6. The van der Waals surface area contributed by atoms with Gasteiger partial charge < -0.3 is 4.90 Å². The molecule has 0 saturated heterocycles. The molecule has 1 aromatic carbocycles. The maximum absolute atomic E-state index is 12.6. The van der Waals surface area contributed by atoms with Crippen LogP contribution >= 0.6 is 11.6 Å². The van der Waals surface area contributed by atoms with Gasteiger partial charge in [-0.3, -0.25) is 5.32 Å². The molecule has 0 radical (unpaired) electrons. The van der Waals surface area contributed by atoms with Crippen LogP contribution < -0.4 is 5.32 Å². The first-order valence-corrected chi connectivity index (χ1v) is 8.11. The maximum atomic E-state index is 12.6. The number of carbonyl (C=O) groups is 1. The summed E-state index contributed by atoms with van der Waals surface area (Å²) in [5.41, 5.74) is 2.07. The highest BCUT2D eigenvalue weighted by Gasteiger charge is 2.24. The van der Waals surface area contributed by atoms with Gasteiger partial charge >= 0.3 is 6.03 Å². The molecule has 1 N–H and O–H groups in total. The first-order valence-electron chi connectivity index (χ1n) is 7.73. The standard InChI is InChI=1S/C17H21ClN4O/c1-17(2,3)22-15(7-9-19-22)20-16(23)21-10-8-12-5-4-6-14(18)13(12)11-21/h4-7,9H,8,10-11H2,1-3H3,(H,20,23). The van der Waals surface area contributed by atoms with Gasteiger partial charge in [0.25, 0.3) is 0 Å². The van der Waals surface area contributed by atoms with Crippen molar-refractivity contribution in [2.24, 2.45) is 0 Å². The van der Waals surface area contributed by atoms with E-state index in [1.807, 2.05) is 43.7 Å². The monoisotopic (exact) mass is 332 g/mol. The largest absolute Gasteiger partial charge is 0.323 e. The minimum Gasteiger partial charge on any atom is -0.320 e. The molecule has 23 heavy (non-hydrogen) atoms. The smallest absolute Gasteiger partial charge is 0.320 e. The number of hydrogen-bond acceptors (Lipinski definition) is 2. The van der Waals surface area contributed by atoms with Crippen LogP contribution in [0.2, 0.25) is 5.02 Å². The molecule has 1 aliphatic heterocycles. The third-order valence-electron chi connectivity index (χ3n) is 4.02. The predicted octanol–water partition coefficient (Wildman–Crippen LogP) is 3.88. The lowest BCUT2D eigenvalue weighted by molar-refractivity contribution is 0.206. The summed E-state index contributed by atoms with van der Waals surface area (Å²) in [7, 11) is 0. The SMILES string of the molecule is CC(C)(C)n1nccc1NC(=O)N1CCc2cccc(Cl)c2C1. The van der Waals surface area contributed by atoms with Gasteiger partial charge in [-0.15, -0.1) is 0 Å². The molecule has 0 spiro atoms. The summed E-state index contributed by atoms with van der Waals surface area (Å²) in [6.45, 7) is 7.36. The van der Waals surface area contributed by atoms with Gasteiger partial charge in [0.2, 0.25) is 0 Å². The molecule has 0 unspecified atom stereocenters. The average molecular weight is 333 g/mol. The number of fused-ring (bicyclic) bond motifs is 1. The summed E-state index contributed by atoms with van der Waals surface area (Å²) in [5, 5.41) is 7.98. The molecule has 0 saturated carbocycles. The van der Waals surface area contributed by atoms with E-state index >= 15 is 0 Å². The van der Waals surface area contributed by atoms with Crippen LogP contribution in [-0.4, -0.2) is 27.3 Å². The highest BCUT2D eigenvalue weighted by molar-refractivity contribution is 6.31. The Balaban J connectivity index is 1.76. The number of urea groups is 1. The first kappa shape index (κ1) is 15.9. The van der Waals surface area contributed by atoms with Crippen LogP contribution in [0.4, 0.5) is 10.6 Å². The Bertz CT molecular complexity index is 732. The lowest BCUT2D eigenvalue weighted by Gasteiger charge is -2.30. The molecule has 1 aromatic heterocycles. The molecule has 0 atom stereocenters. The van der Waals surface area contributed by atoms with E-state index in [9.17, 15) is 4.79 Å². The molecule has 2 amide bonds. The molecule has 122 valence electrons. The number of halogens is 1. The summed E-state index contributed by atoms with van der Waals surface area (Å²) in [4.78, 5) is 14.4. The lowest BCUT2D eigenvalue weighted by atomic mass is 10.00. The molecule has 0 bridgehead atoms. The van der Waals surface area contributed by atoms with Crippen molar-refractivity contribution in [3.8, 4) is 0 Å². The van der Waals surface area contributed by atoms with Gasteiger partial charge in [-0.1, -0.05) is 23.7 Å². The fourth-order valence-corrected chi connectivity index (χ4v) is 3.09. The van der Waals surface area contributed by atoms with Crippen LogP contribution in [0, 0.1) is 0 Å². The summed E-state index contributed by atoms with van der Waals surface area (Å²) in [6, 6.07) is 7.59. The minimum atomic E-state index is -0.191. The number of rotatable bonds is 1. The van der Waals surface area contributed by atoms with Crippen LogP contribution in [0.1, 0.15) is 31.9 Å². The number of anilines is 1. The number of amides is 2. The van der Waals surface area contributed by atoms with Crippen LogP contribution in [0.25, 0.3) is 0 Å². The van der Waals surface area contributed by atoms with Crippen molar-refractivity contribution in [3.05, 3.63) is 46.6 Å². The van der Waals surface area contributed by atoms with Gasteiger partial charge in [-0.25, -0.2) is 9.48 Å². The van der Waals surface area contributed by atoms with Crippen molar-refractivity contribution in [1.82, 2.24) is 14.7 Å². The summed E-state index contributed by atoms with van der Waals surface area (Å²) in [5.74, 6) is 0.701. The highest BCUT2D eigenvalue weighted by atomic mass is 35.5. The van der Waals surface area contributed by atoms with Crippen molar-refractivity contribution in [3.63, 3.8) is 0 Å². The van der Waals surface area contributed by atoms with Crippen LogP contribution in [0.3, 0.4) is 0 Å². The summed E-state index contributed by atoms with van der Waals surface area (Å²) in [6.07, 6.45) is 2.52. The molecular weight excluding hydrogens is 312 g/mol. The fraction of sp³-hybridized carbons (Fsp3) is 0.412. The molecule has 0 fully saturated rings. The summed E-state index contributed by atoms with van der Waals surface area (Å²) >= 11 is 6.27. The van der Waals surface area contributed by atoms with Gasteiger partial charge in [-0.2, -0.15) is 5.10 Å². The van der Waals surface area contributed by atoms with Gasteiger partial charge in [-0.05, 0) is 44.4 Å². The number of carbonyl (C=O) groups excluding carboxylic acids is 1. The van der Waals surface area contributed by atoms with Gasteiger partial charge in [0, 0.05) is 24.2 Å². The van der Waals surface area contributed by atoms with E-state index in [0.717, 1.165) is 17.0 Å². The molecule has 0 aliphatic carbocycles. The first-order chi connectivity index (χ1) is 10.9. The van der Waals surface area contributed by atoms with E-state index in [1.54, 1.807) is 11.1 Å². The molecule has 2 aromatic rings. The van der Waals surface area contributed by atoms with Crippen molar-refractivity contribution < 1.29 is 4.79 Å². The lowest BCUT2D eigenvalue weighted by Crippen LogP contribution is -2.40. The van der Waals surface area contributed by atoms with E-state index in [2.05, 4.69) is 16.5 Å². The Kier molecular flexibility index (Phi) is 4.06. The van der Waals surface area contributed by atoms with E-state index in [0.29, 0.717) is 18.9 Å². The van der Waals surface area contributed by atoms with Crippen molar-refractivity contribution in [1.29, 1.82) is 0 Å². The normalized spacial score (nSPS) is 14.5. The van der Waals surface area contributed by atoms with Crippen molar-refractivity contribution in [2.45, 2.75) is 39.3 Å². The van der Waals surface area contributed by atoms with Gasteiger partial charge in [0.1, 0.15) is 5.82 Å². The van der Waals surface area contributed by atoms with Gasteiger partial charge in [0.05, 0.1) is 11.7 Å². The Morgan fingerprint density at radius 3 is 2.83 bits per heavy atom. The average Bonchev–Trinajstić information content (AvgIpc) is 2.95. The van der Waals surface area contributed by atoms with Gasteiger partial charge in [0.15, 0.2) is 0 Å². The number of hydrogen-bond donors (Lipinski definition) is 1.